The fraction of sp³-hybridized carbons (Fsp3) is 0.286. The van der Waals surface area contributed by atoms with Crippen LogP contribution in [0.5, 0.6) is 0 Å². The van der Waals surface area contributed by atoms with Gasteiger partial charge in [-0.05, 0) is 50.0 Å². The van der Waals surface area contributed by atoms with Crippen LogP contribution in [-0.4, -0.2) is 0 Å². The second-order valence-corrected chi connectivity index (χ2v) is 5.53. The summed E-state index contributed by atoms with van der Waals surface area (Å²) in [6, 6.07) is 5.13. The number of benzene rings is 1. The molecule has 1 N–H and O–H groups in total. The summed E-state index contributed by atoms with van der Waals surface area (Å²) in [6.07, 6.45) is 5.53. The number of halogens is 2. The molecule has 0 aromatic heterocycles. The van der Waals surface area contributed by atoms with E-state index in [1.165, 1.54) is 18.1 Å². The predicted octanol–water partition coefficient (Wildman–Crippen LogP) is 4.25. The molecule has 2 nitrogen and oxygen atoms in total. The Bertz CT molecular complexity index is 563. The lowest BCUT2D eigenvalue weighted by Crippen LogP contribution is -2.30. The highest BCUT2D eigenvalue weighted by Crippen LogP contribution is 2.35. The van der Waals surface area contributed by atoms with Crippen molar-refractivity contribution in [3.05, 3.63) is 51.5 Å². The van der Waals surface area contributed by atoms with Crippen molar-refractivity contribution in [2.45, 2.75) is 26.2 Å². The SMILES string of the molecule is CC1=C2CCCC=C2NN1c1ccc(Br)cc1F. The van der Waals surface area contributed by atoms with E-state index in [4.69, 9.17) is 0 Å². The summed E-state index contributed by atoms with van der Waals surface area (Å²) in [5, 5.41) is 1.84. The van der Waals surface area contributed by atoms with Gasteiger partial charge in [-0.3, -0.25) is 10.4 Å². The van der Waals surface area contributed by atoms with E-state index in [0.717, 1.165) is 28.7 Å². The first kappa shape index (κ1) is 11.8. The topological polar surface area (TPSA) is 15.3 Å². The third-order valence-electron chi connectivity index (χ3n) is 3.46. The van der Waals surface area contributed by atoms with Crippen molar-refractivity contribution < 1.29 is 4.39 Å². The molecule has 1 aliphatic heterocycles. The van der Waals surface area contributed by atoms with Gasteiger partial charge in [0.05, 0.1) is 11.4 Å². The minimum absolute atomic E-state index is 0.226. The molecule has 0 unspecified atom stereocenters. The van der Waals surface area contributed by atoms with Gasteiger partial charge in [0, 0.05) is 10.2 Å². The number of nitrogens with zero attached hydrogens (tertiary/aromatic N) is 1. The Morgan fingerprint density at radius 2 is 2.22 bits per heavy atom. The Kier molecular flexibility index (Phi) is 2.90. The molecule has 0 atom stereocenters. The molecule has 0 amide bonds. The van der Waals surface area contributed by atoms with Gasteiger partial charge in [-0.1, -0.05) is 22.0 Å². The zero-order valence-corrected chi connectivity index (χ0v) is 11.7. The number of hydrogen-bond acceptors (Lipinski definition) is 2. The molecule has 94 valence electrons. The fourth-order valence-electron chi connectivity index (χ4n) is 2.51. The van der Waals surface area contributed by atoms with Crippen molar-refractivity contribution in [1.82, 2.24) is 5.43 Å². The smallest absolute Gasteiger partial charge is 0.149 e. The summed E-state index contributed by atoms with van der Waals surface area (Å²) >= 11 is 3.28. The molecule has 0 saturated heterocycles. The lowest BCUT2D eigenvalue weighted by atomic mass is 9.98. The average Bonchev–Trinajstić information content (AvgIpc) is 2.68. The fourth-order valence-corrected chi connectivity index (χ4v) is 2.85. The van der Waals surface area contributed by atoms with Crippen LogP contribution >= 0.6 is 15.9 Å². The molecular weight excluding hydrogens is 295 g/mol. The standard InChI is InChI=1S/C14H14BrFN2/c1-9-11-4-2-3-5-13(11)17-18(9)14-7-6-10(15)8-12(14)16/h5-8,17H,2-4H2,1H3. The number of hydrogen-bond donors (Lipinski definition) is 1. The molecule has 0 saturated carbocycles. The van der Waals surface area contributed by atoms with Gasteiger partial charge < -0.3 is 0 Å². The molecule has 1 aliphatic carbocycles. The van der Waals surface area contributed by atoms with Crippen LogP contribution in [0.4, 0.5) is 10.1 Å². The normalized spacial score (nSPS) is 18.6. The van der Waals surface area contributed by atoms with E-state index in [0.29, 0.717) is 5.69 Å². The highest BCUT2D eigenvalue weighted by molar-refractivity contribution is 9.10. The van der Waals surface area contributed by atoms with Gasteiger partial charge in [0.2, 0.25) is 0 Å². The van der Waals surface area contributed by atoms with Crippen LogP contribution in [0, 0.1) is 5.82 Å². The molecule has 0 spiro atoms. The number of rotatable bonds is 1. The van der Waals surface area contributed by atoms with Crippen molar-refractivity contribution in [2.24, 2.45) is 0 Å². The molecule has 2 aliphatic rings. The summed E-state index contributed by atoms with van der Waals surface area (Å²) in [6.45, 7) is 2.04. The maximum atomic E-state index is 14.0. The van der Waals surface area contributed by atoms with Crippen LogP contribution in [0.1, 0.15) is 26.2 Å². The summed E-state index contributed by atoms with van der Waals surface area (Å²) in [5.41, 5.74) is 7.40. The molecule has 1 aromatic carbocycles. The van der Waals surface area contributed by atoms with E-state index >= 15 is 0 Å². The summed E-state index contributed by atoms with van der Waals surface area (Å²) in [4.78, 5) is 0. The third-order valence-corrected chi connectivity index (χ3v) is 3.95. The van der Waals surface area contributed by atoms with Crippen molar-refractivity contribution in [1.29, 1.82) is 0 Å². The number of hydrazine groups is 1. The molecule has 1 aromatic rings. The second-order valence-electron chi connectivity index (χ2n) is 4.62. The Labute approximate surface area is 114 Å². The highest BCUT2D eigenvalue weighted by Gasteiger charge is 2.27. The highest BCUT2D eigenvalue weighted by atomic mass is 79.9. The molecule has 0 radical (unpaired) electrons. The number of allylic oxidation sites excluding steroid dienone is 3. The number of nitrogens with one attached hydrogen (secondary N) is 1. The van der Waals surface area contributed by atoms with E-state index in [2.05, 4.69) is 27.4 Å². The number of anilines is 1. The van der Waals surface area contributed by atoms with E-state index < -0.39 is 0 Å². The summed E-state index contributed by atoms with van der Waals surface area (Å²) in [5.74, 6) is -0.226. The molecule has 0 fully saturated rings. The van der Waals surface area contributed by atoms with Crippen LogP contribution in [0.2, 0.25) is 0 Å². The predicted molar refractivity (Wildman–Crippen MR) is 74.3 cm³/mol. The molecule has 18 heavy (non-hydrogen) atoms. The van der Waals surface area contributed by atoms with Gasteiger partial charge in [-0.15, -0.1) is 0 Å². The van der Waals surface area contributed by atoms with Crippen LogP contribution in [0.3, 0.4) is 0 Å². The second kappa shape index (κ2) is 4.43. The first-order valence-corrected chi connectivity index (χ1v) is 6.88. The van der Waals surface area contributed by atoms with Gasteiger partial charge in [-0.2, -0.15) is 0 Å². The van der Waals surface area contributed by atoms with Crippen LogP contribution in [0.25, 0.3) is 0 Å². The van der Waals surface area contributed by atoms with Crippen molar-refractivity contribution in [2.75, 3.05) is 5.01 Å². The summed E-state index contributed by atoms with van der Waals surface area (Å²) in [7, 11) is 0. The molecule has 0 bridgehead atoms. The van der Waals surface area contributed by atoms with Crippen LogP contribution < -0.4 is 10.4 Å². The van der Waals surface area contributed by atoms with E-state index in [1.54, 1.807) is 6.07 Å². The van der Waals surface area contributed by atoms with Gasteiger partial charge in [0.15, 0.2) is 0 Å². The summed E-state index contributed by atoms with van der Waals surface area (Å²) < 4.78 is 14.8. The van der Waals surface area contributed by atoms with E-state index in [1.807, 2.05) is 18.0 Å². The van der Waals surface area contributed by atoms with Crippen LogP contribution in [0.15, 0.2) is 45.7 Å². The van der Waals surface area contributed by atoms with E-state index in [-0.39, 0.29) is 5.82 Å². The Morgan fingerprint density at radius 1 is 1.39 bits per heavy atom. The number of fused-ring (bicyclic) bond motifs is 1. The van der Waals surface area contributed by atoms with Gasteiger partial charge >= 0.3 is 0 Å². The third kappa shape index (κ3) is 1.85. The first-order chi connectivity index (χ1) is 8.66. The molecule has 4 heteroatoms. The first-order valence-electron chi connectivity index (χ1n) is 6.09. The lowest BCUT2D eigenvalue weighted by molar-refractivity contribution is 0.618. The minimum Gasteiger partial charge on any atom is -0.294 e. The largest absolute Gasteiger partial charge is 0.294 e. The Hall–Kier alpha value is -1.29. The Balaban J connectivity index is 2.02. The van der Waals surface area contributed by atoms with Crippen molar-refractivity contribution in [3.63, 3.8) is 0 Å². The monoisotopic (exact) mass is 308 g/mol. The van der Waals surface area contributed by atoms with Gasteiger partial charge in [0.1, 0.15) is 5.82 Å². The van der Waals surface area contributed by atoms with Gasteiger partial charge in [0.25, 0.3) is 0 Å². The molecular formula is C14H14BrFN2. The minimum atomic E-state index is -0.226. The van der Waals surface area contributed by atoms with Crippen molar-refractivity contribution in [3.8, 4) is 0 Å². The zero-order chi connectivity index (χ0) is 12.7. The molecule has 1 heterocycles. The molecule has 3 rings (SSSR count). The van der Waals surface area contributed by atoms with Crippen molar-refractivity contribution >= 4 is 21.6 Å². The zero-order valence-electron chi connectivity index (χ0n) is 10.1. The van der Waals surface area contributed by atoms with Gasteiger partial charge in [-0.25, -0.2) is 4.39 Å². The quantitative estimate of drug-likeness (QED) is 0.834. The lowest BCUT2D eigenvalue weighted by Gasteiger charge is -2.21. The van der Waals surface area contributed by atoms with Crippen LogP contribution in [-0.2, 0) is 0 Å². The average molecular weight is 309 g/mol. The maximum absolute atomic E-state index is 14.0. The van der Waals surface area contributed by atoms with E-state index in [9.17, 15) is 4.39 Å². The maximum Gasteiger partial charge on any atom is 0.149 e. The Morgan fingerprint density at radius 3 is 2.94 bits per heavy atom.